The van der Waals surface area contributed by atoms with E-state index >= 15 is 0 Å². The number of guanidine groups is 1. The largest absolute Gasteiger partial charge is 0.357 e. The van der Waals surface area contributed by atoms with E-state index in [-0.39, 0.29) is 24.0 Å². The van der Waals surface area contributed by atoms with Crippen LogP contribution in [-0.4, -0.2) is 30.5 Å². The molecule has 0 saturated carbocycles. The molecule has 0 amide bonds. The van der Waals surface area contributed by atoms with Crippen LogP contribution < -0.4 is 5.32 Å². The number of halogens is 2. The first-order chi connectivity index (χ1) is 8.79. The van der Waals surface area contributed by atoms with Crippen molar-refractivity contribution in [2.24, 2.45) is 4.99 Å². The summed E-state index contributed by atoms with van der Waals surface area (Å²) in [7, 11) is 0. The zero-order valence-corrected chi connectivity index (χ0v) is 14.3. The molecule has 1 aromatic rings. The van der Waals surface area contributed by atoms with E-state index in [1.165, 1.54) is 18.4 Å². The van der Waals surface area contributed by atoms with Gasteiger partial charge in [-0.2, -0.15) is 0 Å². The third-order valence-electron chi connectivity index (χ3n) is 3.07. The predicted molar refractivity (Wildman–Crippen MR) is 92.5 cm³/mol. The second-order valence-electron chi connectivity index (χ2n) is 4.49. The summed E-state index contributed by atoms with van der Waals surface area (Å²) >= 11 is 5.87. The van der Waals surface area contributed by atoms with Gasteiger partial charge in [-0.25, -0.2) is 4.99 Å². The number of likely N-dealkylation sites (tertiary alicyclic amines) is 1. The Labute approximate surface area is 137 Å². The molecule has 0 aliphatic carbocycles. The minimum atomic E-state index is 0. The minimum Gasteiger partial charge on any atom is -0.357 e. The van der Waals surface area contributed by atoms with Crippen molar-refractivity contribution in [2.75, 3.05) is 19.6 Å². The van der Waals surface area contributed by atoms with Crippen LogP contribution in [0.15, 0.2) is 29.3 Å². The number of nitrogens with zero attached hydrogens (tertiary/aromatic N) is 2. The van der Waals surface area contributed by atoms with Crippen LogP contribution in [0, 0.1) is 0 Å². The maximum atomic E-state index is 5.87. The smallest absolute Gasteiger partial charge is 0.194 e. The van der Waals surface area contributed by atoms with Crippen molar-refractivity contribution in [3.05, 3.63) is 34.9 Å². The number of rotatable bonds is 3. The van der Waals surface area contributed by atoms with Gasteiger partial charge >= 0.3 is 0 Å². The molecule has 0 spiro atoms. The van der Waals surface area contributed by atoms with E-state index in [2.05, 4.69) is 22.1 Å². The average molecular weight is 394 g/mol. The molecule has 0 atom stereocenters. The Morgan fingerprint density at radius 1 is 1.26 bits per heavy atom. The van der Waals surface area contributed by atoms with Crippen LogP contribution in [0.25, 0.3) is 0 Å². The molecule has 1 aromatic carbocycles. The molecule has 0 bridgehead atoms. The minimum absolute atomic E-state index is 0. The Hall–Kier alpha value is -0.490. The summed E-state index contributed by atoms with van der Waals surface area (Å²) in [6.45, 7) is 5.96. The molecular formula is C14H21ClIN3. The lowest BCUT2D eigenvalue weighted by atomic mass is 10.2. The zero-order chi connectivity index (χ0) is 12.8. The van der Waals surface area contributed by atoms with Crippen LogP contribution in [0.1, 0.15) is 25.3 Å². The molecule has 3 nitrogen and oxygen atoms in total. The third kappa shape index (κ3) is 5.18. The van der Waals surface area contributed by atoms with Gasteiger partial charge in [0.2, 0.25) is 0 Å². The standard InChI is InChI=1S/C14H20ClN3.HI/c1-2-16-14(18-9-3-4-10-18)17-11-12-5-7-13(15)8-6-12;/h5-8H,2-4,9-11H2,1H3,(H,16,17);1H. The highest BCUT2D eigenvalue weighted by Gasteiger charge is 2.15. The highest BCUT2D eigenvalue weighted by atomic mass is 127. The first-order valence-electron chi connectivity index (χ1n) is 6.57. The number of nitrogens with one attached hydrogen (secondary N) is 1. The molecule has 19 heavy (non-hydrogen) atoms. The fourth-order valence-electron chi connectivity index (χ4n) is 2.11. The number of benzene rings is 1. The van der Waals surface area contributed by atoms with E-state index in [1.807, 2.05) is 24.3 Å². The summed E-state index contributed by atoms with van der Waals surface area (Å²) in [5.74, 6) is 1.03. The van der Waals surface area contributed by atoms with Crippen molar-refractivity contribution in [3.63, 3.8) is 0 Å². The summed E-state index contributed by atoms with van der Waals surface area (Å²) in [6, 6.07) is 7.88. The Bertz CT molecular complexity index is 400. The van der Waals surface area contributed by atoms with Gasteiger partial charge in [0.15, 0.2) is 5.96 Å². The van der Waals surface area contributed by atoms with Gasteiger partial charge in [0, 0.05) is 24.7 Å². The Morgan fingerprint density at radius 2 is 1.89 bits per heavy atom. The van der Waals surface area contributed by atoms with Gasteiger partial charge in [-0.05, 0) is 37.5 Å². The lowest BCUT2D eigenvalue weighted by Crippen LogP contribution is -2.39. The van der Waals surface area contributed by atoms with E-state index < -0.39 is 0 Å². The van der Waals surface area contributed by atoms with Crippen molar-refractivity contribution in [2.45, 2.75) is 26.3 Å². The van der Waals surface area contributed by atoms with Gasteiger partial charge < -0.3 is 10.2 Å². The van der Waals surface area contributed by atoms with Crippen molar-refractivity contribution < 1.29 is 0 Å². The van der Waals surface area contributed by atoms with Gasteiger partial charge in [-0.15, -0.1) is 24.0 Å². The van der Waals surface area contributed by atoms with Crippen LogP contribution in [0.2, 0.25) is 5.02 Å². The summed E-state index contributed by atoms with van der Waals surface area (Å²) < 4.78 is 0. The SMILES string of the molecule is CCNC(=NCc1ccc(Cl)cc1)N1CCCC1.I. The summed E-state index contributed by atoms with van der Waals surface area (Å²) in [4.78, 5) is 7.02. The highest BCUT2D eigenvalue weighted by molar-refractivity contribution is 14.0. The van der Waals surface area contributed by atoms with Gasteiger partial charge in [-0.1, -0.05) is 23.7 Å². The van der Waals surface area contributed by atoms with Crippen LogP contribution in [0.5, 0.6) is 0 Å². The van der Waals surface area contributed by atoms with E-state index in [0.29, 0.717) is 6.54 Å². The lowest BCUT2D eigenvalue weighted by molar-refractivity contribution is 0.493. The number of hydrogen-bond donors (Lipinski definition) is 1. The van der Waals surface area contributed by atoms with Crippen molar-refractivity contribution >= 4 is 41.5 Å². The maximum Gasteiger partial charge on any atom is 0.194 e. The van der Waals surface area contributed by atoms with Crippen molar-refractivity contribution in [1.29, 1.82) is 0 Å². The summed E-state index contributed by atoms with van der Waals surface area (Å²) in [5.41, 5.74) is 1.19. The number of aliphatic imine (C=N–C) groups is 1. The molecule has 0 aromatic heterocycles. The first kappa shape index (κ1) is 16.6. The summed E-state index contributed by atoms with van der Waals surface area (Å²) in [5, 5.41) is 4.13. The predicted octanol–water partition coefficient (Wildman–Crippen LogP) is 3.52. The monoisotopic (exact) mass is 393 g/mol. The quantitative estimate of drug-likeness (QED) is 0.483. The Morgan fingerprint density at radius 3 is 2.47 bits per heavy atom. The first-order valence-corrected chi connectivity index (χ1v) is 6.95. The molecule has 0 radical (unpaired) electrons. The average Bonchev–Trinajstić information content (AvgIpc) is 2.90. The molecule has 1 heterocycles. The van der Waals surface area contributed by atoms with E-state index in [9.17, 15) is 0 Å². The molecule has 1 N–H and O–H groups in total. The topological polar surface area (TPSA) is 27.6 Å². The van der Waals surface area contributed by atoms with Crippen LogP contribution in [0.3, 0.4) is 0 Å². The molecule has 106 valence electrons. The zero-order valence-electron chi connectivity index (χ0n) is 11.2. The summed E-state index contributed by atoms with van der Waals surface area (Å²) in [6.07, 6.45) is 2.54. The van der Waals surface area contributed by atoms with Crippen LogP contribution in [0.4, 0.5) is 0 Å². The van der Waals surface area contributed by atoms with Gasteiger partial charge in [-0.3, -0.25) is 0 Å². The molecule has 1 aliphatic rings. The molecule has 1 aliphatic heterocycles. The van der Waals surface area contributed by atoms with Crippen LogP contribution >= 0.6 is 35.6 Å². The number of hydrogen-bond acceptors (Lipinski definition) is 1. The highest BCUT2D eigenvalue weighted by Crippen LogP contribution is 2.11. The molecule has 0 unspecified atom stereocenters. The third-order valence-corrected chi connectivity index (χ3v) is 3.32. The van der Waals surface area contributed by atoms with E-state index in [1.54, 1.807) is 0 Å². The fraction of sp³-hybridized carbons (Fsp3) is 0.500. The Kier molecular flexibility index (Phi) is 7.53. The maximum absolute atomic E-state index is 5.87. The molecule has 2 rings (SSSR count). The second-order valence-corrected chi connectivity index (χ2v) is 4.93. The van der Waals surface area contributed by atoms with E-state index in [4.69, 9.17) is 11.6 Å². The van der Waals surface area contributed by atoms with Crippen molar-refractivity contribution in [3.8, 4) is 0 Å². The molecule has 1 fully saturated rings. The second kappa shape index (κ2) is 8.64. The Balaban J connectivity index is 0.00000180. The van der Waals surface area contributed by atoms with Gasteiger partial charge in [0.05, 0.1) is 6.54 Å². The normalized spacial score (nSPS) is 15.3. The lowest BCUT2D eigenvalue weighted by Gasteiger charge is -2.20. The molecule has 1 saturated heterocycles. The fourth-order valence-corrected chi connectivity index (χ4v) is 2.24. The van der Waals surface area contributed by atoms with E-state index in [0.717, 1.165) is 30.6 Å². The van der Waals surface area contributed by atoms with Crippen molar-refractivity contribution in [1.82, 2.24) is 10.2 Å². The molecular weight excluding hydrogens is 373 g/mol. The van der Waals surface area contributed by atoms with Gasteiger partial charge in [0.1, 0.15) is 0 Å². The van der Waals surface area contributed by atoms with Crippen LogP contribution in [-0.2, 0) is 6.54 Å². The van der Waals surface area contributed by atoms with Gasteiger partial charge in [0.25, 0.3) is 0 Å². The molecule has 5 heteroatoms.